The second-order valence-corrected chi connectivity index (χ2v) is 6.58. The van der Waals surface area contributed by atoms with Crippen LogP contribution < -0.4 is 10.6 Å². The Hall–Kier alpha value is -1.93. The lowest BCUT2D eigenvalue weighted by Gasteiger charge is -2.33. The summed E-state index contributed by atoms with van der Waals surface area (Å²) in [6.45, 7) is 3.21. The molecule has 0 bridgehead atoms. The number of halogens is 1. The fourth-order valence-corrected chi connectivity index (χ4v) is 2.93. The van der Waals surface area contributed by atoms with Crippen molar-refractivity contribution in [2.45, 2.75) is 25.8 Å². The van der Waals surface area contributed by atoms with Gasteiger partial charge in [-0.1, -0.05) is 19.1 Å². The first-order valence-corrected chi connectivity index (χ1v) is 9.02. The molecular weight excluding hydrogens is 390 g/mol. The predicted octanol–water partition coefficient (Wildman–Crippen LogP) is 1.53. The van der Waals surface area contributed by atoms with Gasteiger partial charge in [0, 0.05) is 17.6 Å². The number of nitrogens with one attached hydrogen (secondary N) is 2. The number of para-hydroxylation sites is 1. The van der Waals surface area contributed by atoms with Crippen LogP contribution in [-0.2, 0) is 19.1 Å². The molecule has 1 unspecified atom stereocenters. The Kier molecular flexibility index (Phi) is 7.39. The van der Waals surface area contributed by atoms with E-state index in [-0.39, 0.29) is 24.8 Å². The van der Waals surface area contributed by atoms with E-state index < -0.39 is 12.0 Å². The third kappa shape index (κ3) is 5.82. The molecule has 1 aromatic rings. The summed E-state index contributed by atoms with van der Waals surface area (Å²) in [6, 6.07) is 6.60. The Morgan fingerprint density at radius 3 is 2.88 bits per heavy atom. The van der Waals surface area contributed by atoms with Crippen molar-refractivity contribution >= 4 is 39.4 Å². The summed E-state index contributed by atoms with van der Waals surface area (Å²) in [7, 11) is 0. The Morgan fingerprint density at radius 1 is 1.40 bits per heavy atom. The van der Waals surface area contributed by atoms with Gasteiger partial charge < -0.3 is 15.4 Å². The first-order chi connectivity index (χ1) is 12.0. The highest BCUT2D eigenvalue weighted by molar-refractivity contribution is 9.10. The van der Waals surface area contributed by atoms with Gasteiger partial charge in [0.05, 0.1) is 25.3 Å². The number of amides is 2. The van der Waals surface area contributed by atoms with Gasteiger partial charge in [0.25, 0.3) is 0 Å². The van der Waals surface area contributed by atoms with Crippen molar-refractivity contribution in [1.82, 2.24) is 10.2 Å². The lowest BCUT2D eigenvalue weighted by atomic mass is 10.1. The molecule has 0 aliphatic carbocycles. The molecule has 7 nitrogen and oxygen atoms in total. The number of anilines is 1. The van der Waals surface area contributed by atoms with E-state index in [2.05, 4.69) is 26.6 Å². The van der Waals surface area contributed by atoms with Crippen molar-refractivity contribution in [2.75, 3.05) is 31.6 Å². The van der Waals surface area contributed by atoms with Crippen LogP contribution in [0.4, 0.5) is 5.69 Å². The van der Waals surface area contributed by atoms with Gasteiger partial charge in [-0.3, -0.25) is 19.3 Å². The zero-order valence-electron chi connectivity index (χ0n) is 14.1. The van der Waals surface area contributed by atoms with Gasteiger partial charge in [-0.05, 0) is 34.5 Å². The molecule has 136 valence electrons. The average molecular weight is 412 g/mol. The largest absolute Gasteiger partial charge is 0.466 e. The molecular formula is C17H22BrN3O4. The first-order valence-electron chi connectivity index (χ1n) is 8.23. The molecule has 1 heterocycles. The van der Waals surface area contributed by atoms with Crippen LogP contribution >= 0.6 is 15.9 Å². The maximum Gasteiger partial charge on any atom is 0.307 e. The first kappa shape index (κ1) is 19.4. The number of nitrogens with zero attached hydrogens (tertiary/aromatic N) is 1. The Labute approximate surface area is 155 Å². The summed E-state index contributed by atoms with van der Waals surface area (Å²) in [6.07, 6.45) is 0.662. The van der Waals surface area contributed by atoms with Crippen molar-refractivity contribution in [2.24, 2.45) is 0 Å². The number of hydrogen-bond donors (Lipinski definition) is 2. The van der Waals surface area contributed by atoms with Crippen molar-refractivity contribution in [3.8, 4) is 0 Å². The zero-order valence-corrected chi connectivity index (χ0v) is 15.7. The second kappa shape index (κ2) is 9.53. The van der Waals surface area contributed by atoms with Gasteiger partial charge >= 0.3 is 5.97 Å². The number of benzene rings is 1. The molecule has 1 aromatic carbocycles. The van der Waals surface area contributed by atoms with Crippen molar-refractivity contribution < 1.29 is 19.1 Å². The van der Waals surface area contributed by atoms with Crippen LogP contribution in [0.15, 0.2) is 28.7 Å². The lowest BCUT2D eigenvalue weighted by molar-refractivity contribution is -0.148. The Balaban J connectivity index is 1.97. The molecule has 2 rings (SSSR count). The summed E-state index contributed by atoms with van der Waals surface area (Å²) in [4.78, 5) is 38.0. The van der Waals surface area contributed by atoms with Crippen LogP contribution in [0.1, 0.15) is 19.8 Å². The number of carbonyl (C=O) groups is 3. The standard InChI is InChI=1S/C17H22BrN3O4/c1-2-9-25-16(23)10-14-17(24)19-7-8-21(14)11-15(22)20-13-6-4-3-5-12(13)18/h3-6,14H,2,7-11H2,1H3,(H,19,24)(H,20,22). The molecule has 25 heavy (non-hydrogen) atoms. The molecule has 1 fully saturated rings. The van der Waals surface area contributed by atoms with Crippen molar-refractivity contribution in [3.05, 3.63) is 28.7 Å². The van der Waals surface area contributed by atoms with Gasteiger partial charge in [-0.25, -0.2) is 0 Å². The minimum absolute atomic E-state index is 0.0283. The van der Waals surface area contributed by atoms with Crippen LogP contribution in [0.25, 0.3) is 0 Å². The fraction of sp³-hybridized carbons (Fsp3) is 0.471. The monoisotopic (exact) mass is 411 g/mol. The fourth-order valence-electron chi connectivity index (χ4n) is 2.54. The molecule has 1 saturated heterocycles. The minimum Gasteiger partial charge on any atom is -0.466 e. The SMILES string of the molecule is CCCOC(=O)CC1C(=O)NCCN1CC(=O)Nc1ccccc1Br. The molecule has 0 spiro atoms. The maximum absolute atomic E-state index is 12.3. The van der Waals surface area contributed by atoms with Gasteiger partial charge in [0.1, 0.15) is 6.04 Å². The molecule has 0 radical (unpaired) electrons. The normalized spacial score (nSPS) is 17.7. The van der Waals surface area contributed by atoms with Gasteiger partial charge in [-0.15, -0.1) is 0 Å². The number of piperazine rings is 1. The van der Waals surface area contributed by atoms with E-state index in [0.717, 1.165) is 10.9 Å². The molecule has 1 aliphatic rings. The summed E-state index contributed by atoms with van der Waals surface area (Å²) in [5.74, 6) is -0.929. The van der Waals surface area contributed by atoms with Crippen LogP contribution in [-0.4, -0.2) is 55.0 Å². The molecule has 2 amide bonds. The summed E-state index contributed by atoms with van der Waals surface area (Å²) in [5, 5.41) is 5.53. The maximum atomic E-state index is 12.3. The smallest absolute Gasteiger partial charge is 0.307 e. The minimum atomic E-state index is -0.692. The third-order valence-electron chi connectivity index (χ3n) is 3.76. The second-order valence-electron chi connectivity index (χ2n) is 5.73. The highest BCUT2D eigenvalue weighted by Gasteiger charge is 2.33. The number of ether oxygens (including phenoxy) is 1. The summed E-state index contributed by atoms with van der Waals surface area (Å²) in [5.41, 5.74) is 0.660. The number of hydrogen-bond acceptors (Lipinski definition) is 5. The highest BCUT2D eigenvalue weighted by atomic mass is 79.9. The Bertz CT molecular complexity index is 638. The van der Waals surface area contributed by atoms with Crippen LogP contribution in [0, 0.1) is 0 Å². The molecule has 0 aromatic heterocycles. The molecule has 2 N–H and O–H groups in total. The topological polar surface area (TPSA) is 87.7 Å². The van der Waals surface area contributed by atoms with Crippen molar-refractivity contribution in [1.29, 1.82) is 0 Å². The van der Waals surface area contributed by atoms with E-state index in [1.165, 1.54) is 0 Å². The summed E-state index contributed by atoms with van der Waals surface area (Å²) >= 11 is 3.37. The van der Waals surface area contributed by atoms with E-state index in [4.69, 9.17) is 4.74 Å². The van der Waals surface area contributed by atoms with Crippen LogP contribution in [0.2, 0.25) is 0 Å². The van der Waals surface area contributed by atoms with Gasteiger partial charge in [-0.2, -0.15) is 0 Å². The average Bonchev–Trinajstić information content (AvgIpc) is 2.58. The predicted molar refractivity (Wildman–Crippen MR) is 97.0 cm³/mol. The van der Waals surface area contributed by atoms with E-state index >= 15 is 0 Å². The van der Waals surface area contributed by atoms with Crippen LogP contribution in [0.5, 0.6) is 0 Å². The highest BCUT2D eigenvalue weighted by Crippen LogP contribution is 2.21. The van der Waals surface area contributed by atoms with E-state index in [0.29, 0.717) is 25.4 Å². The molecule has 1 aliphatic heterocycles. The Morgan fingerprint density at radius 2 is 2.16 bits per heavy atom. The lowest BCUT2D eigenvalue weighted by Crippen LogP contribution is -2.57. The third-order valence-corrected chi connectivity index (χ3v) is 4.46. The number of carbonyl (C=O) groups excluding carboxylic acids is 3. The van der Waals surface area contributed by atoms with Gasteiger partial charge in [0.2, 0.25) is 11.8 Å². The van der Waals surface area contributed by atoms with E-state index in [9.17, 15) is 14.4 Å². The van der Waals surface area contributed by atoms with Crippen molar-refractivity contribution in [3.63, 3.8) is 0 Å². The van der Waals surface area contributed by atoms with Gasteiger partial charge in [0.15, 0.2) is 0 Å². The molecule has 0 saturated carbocycles. The van der Waals surface area contributed by atoms with E-state index in [1.54, 1.807) is 11.0 Å². The number of rotatable bonds is 7. The number of esters is 1. The molecule has 8 heteroatoms. The summed E-state index contributed by atoms with van der Waals surface area (Å²) < 4.78 is 5.83. The van der Waals surface area contributed by atoms with Crippen LogP contribution in [0.3, 0.4) is 0 Å². The van der Waals surface area contributed by atoms with E-state index in [1.807, 2.05) is 25.1 Å². The quantitative estimate of drug-likeness (QED) is 0.664. The zero-order chi connectivity index (χ0) is 18.2. The molecule has 1 atom stereocenters.